The molecule has 1 amide bonds. The van der Waals surface area contributed by atoms with Crippen LogP contribution in [0.4, 0.5) is 0 Å². The van der Waals surface area contributed by atoms with Crippen molar-refractivity contribution < 1.29 is 9.53 Å². The Labute approximate surface area is 174 Å². The number of rotatable bonds is 7. The highest BCUT2D eigenvalue weighted by Gasteiger charge is 2.62. The van der Waals surface area contributed by atoms with Crippen LogP contribution in [0.15, 0.2) is 60.7 Å². The number of halogens is 1. The number of carbonyl (C=O) groups excluding carboxylic acids is 1. The van der Waals surface area contributed by atoms with Crippen LogP contribution in [-0.4, -0.2) is 30.7 Å². The zero-order valence-corrected chi connectivity index (χ0v) is 17.7. The van der Waals surface area contributed by atoms with Crippen LogP contribution in [0.25, 0.3) is 0 Å². The fraction of sp³-hybridized carbons (Fsp3) is 0.435. The number of hydrogen-bond donors (Lipinski definition) is 2. The van der Waals surface area contributed by atoms with Crippen LogP contribution in [0.3, 0.4) is 0 Å². The van der Waals surface area contributed by atoms with E-state index in [9.17, 15) is 4.79 Å². The number of hydrogen-bond acceptors (Lipinski definition) is 3. The van der Waals surface area contributed by atoms with Crippen LogP contribution < -0.4 is 11.1 Å². The van der Waals surface area contributed by atoms with Gasteiger partial charge in [-0.3, -0.25) is 4.79 Å². The normalized spacial score (nSPS) is 22.8. The van der Waals surface area contributed by atoms with E-state index in [1.807, 2.05) is 57.2 Å². The van der Waals surface area contributed by atoms with E-state index in [2.05, 4.69) is 29.6 Å². The molecule has 0 aliphatic heterocycles. The van der Waals surface area contributed by atoms with Gasteiger partial charge in [0.2, 0.25) is 5.91 Å². The summed E-state index contributed by atoms with van der Waals surface area (Å²) in [7, 11) is 0. The van der Waals surface area contributed by atoms with E-state index in [4.69, 9.17) is 10.5 Å². The van der Waals surface area contributed by atoms with Gasteiger partial charge in [0, 0.05) is 30.9 Å². The van der Waals surface area contributed by atoms with E-state index in [-0.39, 0.29) is 35.8 Å². The molecule has 5 heteroatoms. The van der Waals surface area contributed by atoms with Crippen LogP contribution in [0.2, 0.25) is 0 Å². The van der Waals surface area contributed by atoms with Crippen molar-refractivity contribution in [2.75, 3.05) is 13.2 Å². The number of amides is 1. The fourth-order valence-electron chi connectivity index (χ4n) is 3.97. The summed E-state index contributed by atoms with van der Waals surface area (Å²) in [6, 6.07) is 20.5. The third-order valence-corrected chi connectivity index (χ3v) is 6.11. The molecule has 0 bridgehead atoms. The topological polar surface area (TPSA) is 64.3 Å². The van der Waals surface area contributed by atoms with Gasteiger partial charge in [0.05, 0.1) is 6.10 Å². The van der Waals surface area contributed by atoms with Crippen LogP contribution in [0.1, 0.15) is 44.2 Å². The molecule has 4 nitrogen and oxygen atoms in total. The molecule has 152 valence electrons. The highest BCUT2D eigenvalue weighted by atomic mass is 35.5. The molecule has 0 saturated heterocycles. The Morgan fingerprint density at radius 2 is 1.61 bits per heavy atom. The summed E-state index contributed by atoms with van der Waals surface area (Å²) in [5.41, 5.74) is 7.58. The van der Waals surface area contributed by atoms with Gasteiger partial charge >= 0.3 is 0 Å². The summed E-state index contributed by atoms with van der Waals surface area (Å²) >= 11 is 0. The number of carbonyl (C=O) groups is 1. The van der Waals surface area contributed by atoms with E-state index < -0.39 is 5.54 Å². The number of nitrogens with two attached hydrogens (primary N) is 1. The van der Waals surface area contributed by atoms with Gasteiger partial charge in [-0.15, -0.1) is 12.4 Å². The first kappa shape index (κ1) is 22.4. The summed E-state index contributed by atoms with van der Waals surface area (Å²) in [5.74, 6) is -0.00820. The van der Waals surface area contributed by atoms with Crippen LogP contribution in [0.5, 0.6) is 0 Å². The zero-order chi connectivity index (χ0) is 19.5. The first-order chi connectivity index (χ1) is 12.9. The van der Waals surface area contributed by atoms with Gasteiger partial charge in [-0.1, -0.05) is 74.5 Å². The predicted molar refractivity (Wildman–Crippen MR) is 116 cm³/mol. The lowest BCUT2D eigenvalue weighted by molar-refractivity contribution is -0.170. The van der Waals surface area contributed by atoms with Gasteiger partial charge in [-0.05, 0) is 18.1 Å². The third kappa shape index (κ3) is 4.09. The van der Waals surface area contributed by atoms with Crippen molar-refractivity contribution in [2.45, 2.75) is 44.8 Å². The smallest absolute Gasteiger partial charge is 0.240 e. The van der Waals surface area contributed by atoms with Crippen molar-refractivity contribution in [1.29, 1.82) is 0 Å². The molecule has 1 fully saturated rings. The van der Waals surface area contributed by atoms with Crippen LogP contribution in [0, 0.1) is 5.41 Å². The SMILES string of the molecule is CCOC1CC(N)(C(=O)NCC(c2ccccc2)c2ccccc2)C1(C)C.Cl. The first-order valence-electron chi connectivity index (χ1n) is 9.69. The number of nitrogens with one attached hydrogen (secondary N) is 1. The molecule has 0 heterocycles. The number of ether oxygens (including phenoxy) is 1. The molecular weight excluding hydrogens is 372 g/mol. The number of benzene rings is 2. The van der Waals surface area contributed by atoms with Crippen molar-refractivity contribution in [1.82, 2.24) is 5.32 Å². The third-order valence-electron chi connectivity index (χ3n) is 6.11. The maximum atomic E-state index is 13.0. The zero-order valence-electron chi connectivity index (χ0n) is 16.9. The Hall–Kier alpha value is -1.88. The maximum absolute atomic E-state index is 13.0. The summed E-state index contributed by atoms with van der Waals surface area (Å²) in [4.78, 5) is 13.0. The van der Waals surface area contributed by atoms with Gasteiger partial charge in [0.15, 0.2) is 0 Å². The minimum absolute atomic E-state index is 0. The Morgan fingerprint density at radius 3 is 2.04 bits per heavy atom. The van der Waals surface area contributed by atoms with E-state index in [0.29, 0.717) is 19.6 Å². The summed E-state index contributed by atoms with van der Waals surface area (Å²) < 4.78 is 5.74. The molecule has 1 saturated carbocycles. The van der Waals surface area contributed by atoms with Crippen LogP contribution in [-0.2, 0) is 9.53 Å². The summed E-state index contributed by atoms with van der Waals surface area (Å²) in [5, 5.41) is 3.12. The van der Waals surface area contributed by atoms with Gasteiger partial charge in [-0.2, -0.15) is 0 Å². The van der Waals surface area contributed by atoms with E-state index in [0.717, 1.165) is 0 Å². The first-order valence-corrected chi connectivity index (χ1v) is 9.69. The molecule has 3 rings (SSSR count). The molecule has 2 aromatic rings. The van der Waals surface area contributed by atoms with E-state index in [1.54, 1.807) is 0 Å². The molecule has 2 atom stereocenters. The van der Waals surface area contributed by atoms with Gasteiger partial charge in [0.1, 0.15) is 5.54 Å². The van der Waals surface area contributed by atoms with Crippen molar-refractivity contribution >= 4 is 18.3 Å². The molecule has 2 unspecified atom stereocenters. The molecular formula is C23H31ClN2O2. The van der Waals surface area contributed by atoms with Crippen LogP contribution >= 0.6 is 12.4 Å². The Balaban J connectivity index is 0.00000280. The lowest BCUT2D eigenvalue weighted by atomic mass is 9.54. The molecule has 28 heavy (non-hydrogen) atoms. The maximum Gasteiger partial charge on any atom is 0.240 e. The lowest BCUT2D eigenvalue weighted by Crippen LogP contribution is -2.75. The Bertz CT molecular complexity index is 727. The molecule has 0 spiro atoms. The minimum Gasteiger partial charge on any atom is -0.378 e. The minimum atomic E-state index is -0.898. The average molecular weight is 403 g/mol. The van der Waals surface area contributed by atoms with Crippen molar-refractivity contribution in [2.24, 2.45) is 11.1 Å². The van der Waals surface area contributed by atoms with Crippen molar-refractivity contribution in [3.05, 3.63) is 71.8 Å². The monoisotopic (exact) mass is 402 g/mol. The van der Waals surface area contributed by atoms with Gasteiger partial charge in [0.25, 0.3) is 0 Å². The summed E-state index contributed by atoms with van der Waals surface area (Å²) in [6.07, 6.45) is 0.582. The standard InChI is InChI=1S/C23H30N2O2.ClH/c1-4-27-20-15-23(24,22(20,2)3)21(26)25-16-19(17-11-7-5-8-12-17)18-13-9-6-10-14-18;/h5-14,19-20H,4,15-16,24H2,1-3H3,(H,25,26);1H. The molecule has 2 aromatic carbocycles. The molecule has 0 radical (unpaired) electrons. The molecule has 1 aliphatic carbocycles. The Morgan fingerprint density at radius 1 is 1.11 bits per heavy atom. The van der Waals surface area contributed by atoms with Crippen molar-refractivity contribution in [3.63, 3.8) is 0 Å². The summed E-state index contributed by atoms with van der Waals surface area (Å²) in [6.45, 7) is 7.15. The highest BCUT2D eigenvalue weighted by Crippen LogP contribution is 2.49. The lowest BCUT2D eigenvalue weighted by Gasteiger charge is -2.57. The Kier molecular flexibility index (Phi) is 7.27. The van der Waals surface area contributed by atoms with Gasteiger partial charge in [-0.25, -0.2) is 0 Å². The fourth-order valence-corrected chi connectivity index (χ4v) is 3.97. The van der Waals surface area contributed by atoms with Crippen molar-refractivity contribution in [3.8, 4) is 0 Å². The second-order valence-electron chi connectivity index (χ2n) is 7.93. The molecule has 1 aliphatic rings. The average Bonchev–Trinajstić information content (AvgIpc) is 2.69. The van der Waals surface area contributed by atoms with Gasteiger partial charge < -0.3 is 15.8 Å². The second-order valence-corrected chi connectivity index (χ2v) is 7.93. The quantitative estimate of drug-likeness (QED) is 0.738. The predicted octanol–water partition coefficient (Wildman–Crippen LogP) is 3.89. The van der Waals surface area contributed by atoms with E-state index in [1.165, 1.54) is 11.1 Å². The van der Waals surface area contributed by atoms with E-state index >= 15 is 0 Å². The molecule has 0 aromatic heterocycles. The molecule has 3 N–H and O–H groups in total. The second kappa shape index (κ2) is 9.08. The largest absolute Gasteiger partial charge is 0.378 e. The highest BCUT2D eigenvalue weighted by molar-refractivity contribution is 5.89.